The maximum absolute atomic E-state index is 11.7. The lowest BCUT2D eigenvalue weighted by molar-refractivity contribution is -0.120. The molecule has 3 aromatic rings. The van der Waals surface area contributed by atoms with E-state index >= 15 is 0 Å². The molecule has 2 heterocycles. The number of methoxy groups -OCH3 is 1. The van der Waals surface area contributed by atoms with Crippen molar-refractivity contribution < 1.29 is 18.7 Å². The highest BCUT2D eigenvalue weighted by Crippen LogP contribution is 2.39. The highest BCUT2D eigenvalue weighted by molar-refractivity contribution is 5.77. The monoisotopic (exact) mass is 379 g/mol. The van der Waals surface area contributed by atoms with Crippen molar-refractivity contribution >= 4 is 17.4 Å². The number of benzene rings is 2. The number of rotatable bonds is 7. The van der Waals surface area contributed by atoms with E-state index in [2.05, 4.69) is 18.2 Å². The van der Waals surface area contributed by atoms with Crippen LogP contribution >= 0.6 is 0 Å². The van der Waals surface area contributed by atoms with E-state index in [4.69, 9.17) is 13.9 Å². The molecule has 5 nitrogen and oxygen atoms in total. The molecule has 0 saturated heterocycles. The number of nitrogens with zero attached hydrogens (tertiary/aromatic N) is 1. The molecule has 0 fully saturated rings. The number of hydrogen-bond acceptors (Lipinski definition) is 4. The Morgan fingerprint density at radius 1 is 1.21 bits per heavy atom. The molecule has 4 rings (SSSR count). The van der Waals surface area contributed by atoms with Gasteiger partial charge in [-0.3, -0.25) is 4.79 Å². The molecule has 28 heavy (non-hydrogen) atoms. The predicted molar refractivity (Wildman–Crippen MR) is 108 cm³/mol. The Bertz CT molecular complexity index is 945. The first kappa shape index (κ1) is 18.4. The number of para-hydroxylation sites is 1. The van der Waals surface area contributed by atoms with E-state index in [1.54, 1.807) is 7.11 Å². The Balaban J connectivity index is 1.63. The van der Waals surface area contributed by atoms with Crippen molar-refractivity contribution in [3.63, 3.8) is 0 Å². The van der Waals surface area contributed by atoms with Gasteiger partial charge in [-0.25, -0.2) is 0 Å². The molecule has 5 heteroatoms. The summed E-state index contributed by atoms with van der Waals surface area (Å²) in [5.74, 6) is 2.42. The molecular weight excluding hydrogens is 354 g/mol. The van der Waals surface area contributed by atoms with Crippen molar-refractivity contribution in [1.29, 1.82) is 0 Å². The van der Waals surface area contributed by atoms with Crippen LogP contribution in [0.15, 0.2) is 46.9 Å². The van der Waals surface area contributed by atoms with Crippen LogP contribution in [0.2, 0.25) is 0 Å². The fourth-order valence-corrected chi connectivity index (χ4v) is 4.04. The van der Waals surface area contributed by atoms with Gasteiger partial charge in [0.05, 0.1) is 19.8 Å². The fourth-order valence-electron chi connectivity index (χ4n) is 4.04. The lowest BCUT2D eigenvalue weighted by Gasteiger charge is -2.35. The molecule has 0 spiro atoms. The van der Waals surface area contributed by atoms with Gasteiger partial charge >= 0.3 is 0 Å². The van der Waals surface area contributed by atoms with Gasteiger partial charge in [-0.2, -0.15) is 0 Å². The fraction of sp³-hybridized carbons (Fsp3) is 0.348. The van der Waals surface area contributed by atoms with Gasteiger partial charge in [0.1, 0.15) is 11.3 Å². The number of aryl methyl sites for hydroxylation is 1. The number of fused-ring (bicyclic) bond motifs is 2. The second-order valence-corrected chi connectivity index (χ2v) is 7.03. The summed E-state index contributed by atoms with van der Waals surface area (Å²) in [6.07, 6.45) is 3.33. The molecule has 0 N–H and O–H groups in total. The van der Waals surface area contributed by atoms with Crippen molar-refractivity contribution in [3.05, 3.63) is 59.4 Å². The first-order valence-corrected chi connectivity index (χ1v) is 9.75. The number of furan rings is 1. The van der Waals surface area contributed by atoms with E-state index in [1.807, 2.05) is 36.1 Å². The smallest absolute Gasteiger partial charge is 0.210 e. The Kier molecular flexibility index (Phi) is 5.24. The third-order valence-electron chi connectivity index (χ3n) is 5.40. The van der Waals surface area contributed by atoms with Crippen molar-refractivity contribution in [2.45, 2.75) is 32.2 Å². The van der Waals surface area contributed by atoms with Crippen LogP contribution in [-0.2, 0) is 17.6 Å². The minimum absolute atomic E-state index is 0.000394. The van der Waals surface area contributed by atoms with Crippen LogP contribution in [-0.4, -0.2) is 31.6 Å². The maximum Gasteiger partial charge on any atom is 0.210 e. The zero-order valence-electron chi connectivity index (χ0n) is 16.3. The third kappa shape index (κ3) is 3.44. The lowest BCUT2D eigenvalue weighted by Crippen LogP contribution is -2.34. The molecule has 2 aromatic carbocycles. The van der Waals surface area contributed by atoms with Crippen molar-refractivity contribution in [2.24, 2.45) is 0 Å². The van der Waals surface area contributed by atoms with E-state index in [-0.39, 0.29) is 6.04 Å². The summed E-state index contributed by atoms with van der Waals surface area (Å²) in [7, 11) is 1.66. The normalized spacial score (nSPS) is 16.1. The van der Waals surface area contributed by atoms with E-state index in [0.29, 0.717) is 13.2 Å². The first-order valence-electron chi connectivity index (χ1n) is 9.75. The zero-order chi connectivity index (χ0) is 19.5. The Morgan fingerprint density at radius 2 is 2.07 bits per heavy atom. The molecular formula is C23H25NO4. The largest absolute Gasteiger partial charge is 0.493 e. The number of amides is 1. The van der Waals surface area contributed by atoms with Gasteiger partial charge in [0.25, 0.3) is 0 Å². The summed E-state index contributed by atoms with van der Waals surface area (Å²) in [6.45, 7) is 3.23. The Labute approximate surface area is 164 Å². The third-order valence-corrected chi connectivity index (χ3v) is 5.40. The summed E-state index contributed by atoms with van der Waals surface area (Å²) in [5, 5.41) is 1.11. The zero-order valence-corrected chi connectivity index (χ0v) is 16.3. The second-order valence-electron chi connectivity index (χ2n) is 7.03. The van der Waals surface area contributed by atoms with Crippen LogP contribution in [0.5, 0.6) is 11.5 Å². The highest BCUT2D eigenvalue weighted by Gasteiger charge is 2.28. The summed E-state index contributed by atoms with van der Waals surface area (Å²) in [5.41, 5.74) is 3.25. The van der Waals surface area contributed by atoms with E-state index in [1.165, 1.54) is 5.56 Å². The quantitative estimate of drug-likeness (QED) is 0.566. The molecule has 1 unspecified atom stereocenters. The van der Waals surface area contributed by atoms with Crippen LogP contribution in [0, 0.1) is 0 Å². The number of hydrogen-bond donors (Lipinski definition) is 0. The minimum atomic E-state index is -0.000394. The van der Waals surface area contributed by atoms with Gasteiger partial charge in [0, 0.05) is 18.4 Å². The van der Waals surface area contributed by atoms with Crippen LogP contribution in [0.25, 0.3) is 11.0 Å². The molecule has 146 valence electrons. The van der Waals surface area contributed by atoms with Gasteiger partial charge in [0.15, 0.2) is 11.5 Å². The lowest BCUT2D eigenvalue weighted by atomic mass is 9.89. The highest BCUT2D eigenvalue weighted by atomic mass is 16.5. The molecule has 1 aliphatic heterocycles. The first-order chi connectivity index (χ1) is 13.7. The summed E-state index contributed by atoms with van der Waals surface area (Å²) in [4.78, 5) is 13.6. The van der Waals surface area contributed by atoms with Crippen LogP contribution in [0.3, 0.4) is 0 Å². The molecule has 1 amide bonds. The Hall–Kier alpha value is -2.95. The number of ether oxygens (including phenoxy) is 2. The molecule has 1 aliphatic rings. The van der Waals surface area contributed by atoms with Gasteiger partial charge in [-0.15, -0.1) is 0 Å². The standard InChI is InChI=1S/C23H25NO4/c1-3-27-23-14-19-16(13-22(23)26-2)10-11-24(15-25)20(19)9-8-18-12-17-6-4-5-7-21(17)28-18/h4-7,12-15,20H,3,8-11H2,1-2H3. The SMILES string of the molecule is CCOc1cc2c(cc1OC)CCN(C=O)C2CCc1cc2ccccc2o1. The van der Waals surface area contributed by atoms with Crippen molar-refractivity contribution in [1.82, 2.24) is 4.90 Å². The molecule has 0 bridgehead atoms. The van der Waals surface area contributed by atoms with Crippen molar-refractivity contribution in [3.8, 4) is 11.5 Å². The minimum Gasteiger partial charge on any atom is -0.493 e. The summed E-state index contributed by atoms with van der Waals surface area (Å²) >= 11 is 0. The molecule has 0 saturated carbocycles. The second kappa shape index (κ2) is 7.97. The van der Waals surface area contributed by atoms with Gasteiger partial charge in [0.2, 0.25) is 6.41 Å². The van der Waals surface area contributed by atoms with Gasteiger partial charge < -0.3 is 18.8 Å². The molecule has 0 radical (unpaired) electrons. The van der Waals surface area contributed by atoms with Gasteiger partial charge in [-0.1, -0.05) is 18.2 Å². The summed E-state index contributed by atoms with van der Waals surface area (Å²) in [6, 6.07) is 14.2. The average molecular weight is 379 g/mol. The maximum atomic E-state index is 11.7. The molecule has 1 aromatic heterocycles. The van der Waals surface area contributed by atoms with Crippen LogP contribution < -0.4 is 9.47 Å². The van der Waals surface area contributed by atoms with Crippen LogP contribution in [0.4, 0.5) is 0 Å². The van der Waals surface area contributed by atoms with E-state index < -0.39 is 0 Å². The topological polar surface area (TPSA) is 51.9 Å². The van der Waals surface area contributed by atoms with Crippen molar-refractivity contribution in [2.75, 3.05) is 20.3 Å². The predicted octanol–water partition coefficient (Wildman–Crippen LogP) is 4.53. The molecule has 0 aliphatic carbocycles. The number of carbonyl (C=O) groups is 1. The molecule has 1 atom stereocenters. The Morgan fingerprint density at radius 3 is 2.82 bits per heavy atom. The van der Waals surface area contributed by atoms with E-state index in [0.717, 1.165) is 59.5 Å². The van der Waals surface area contributed by atoms with E-state index in [9.17, 15) is 4.79 Å². The van der Waals surface area contributed by atoms with Gasteiger partial charge in [-0.05, 0) is 55.2 Å². The average Bonchev–Trinajstić information content (AvgIpc) is 3.14. The number of carbonyl (C=O) groups excluding carboxylic acids is 1. The van der Waals surface area contributed by atoms with Crippen LogP contribution in [0.1, 0.15) is 36.3 Å². The summed E-state index contributed by atoms with van der Waals surface area (Å²) < 4.78 is 17.2.